The van der Waals surface area contributed by atoms with Crippen LogP contribution in [0.25, 0.3) is 5.52 Å². The lowest BCUT2D eigenvalue weighted by Gasteiger charge is -2.29. The SMILES string of the molecule is NC1=NC(c2ccc(F)cc2)(c2cnn3ncccc23)C=CN1. The second kappa shape index (κ2) is 4.91. The Balaban J connectivity index is 2.02. The predicted octanol–water partition coefficient (Wildman–Crippen LogP) is 1.54. The van der Waals surface area contributed by atoms with E-state index in [1.807, 2.05) is 18.2 Å². The van der Waals surface area contributed by atoms with Crippen molar-refractivity contribution in [3.8, 4) is 0 Å². The Bertz CT molecular complexity index is 927. The van der Waals surface area contributed by atoms with Gasteiger partial charge in [0, 0.05) is 18.0 Å². The number of aliphatic imine (C=N–C) groups is 1. The maximum atomic E-state index is 13.3. The molecule has 0 amide bonds. The van der Waals surface area contributed by atoms with Crippen LogP contribution in [-0.2, 0) is 5.54 Å². The quantitative estimate of drug-likeness (QED) is 0.752. The standard InChI is InChI=1S/C16H13FN6/c17-12-5-3-11(4-6-12)16(7-9-19-15(18)22-16)13-10-21-23-14(13)2-1-8-20-23/h1-10H,(H3,18,19,22). The maximum absolute atomic E-state index is 13.3. The Morgan fingerprint density at radius 3 is 2.74 bits per heavy atom. The summed E-state index contributed by atoms with van der Waals surface area (Å²) in [5, 5.41) is 11.3. The summed E-state index contributed by atoms with van der Waals surface area (Å²) in [6.07, 6.45) is 6.97. The zero-order valence-corrected chi connectivity index (χ0v) is 12.0. The second-order valence-electron chi connectivity index (χ2n) is 5.20. The monoisotopic (exact) mass is 308 g/mol. The first kappa shape index (κ1) is 13.4. The molecule has 6 nitrogen and oxygen atoms in total. The van der Waals surface area contributed by atoms with E-state index in [9.17, 15) is 4.39 Å². The highest BCUT2D eigenvalue weighted by Crippen LogP contribution is 2.38. The number of aromatic nitrogens is 3. The lowest BCUT2D eigenvalue weighted by Crippen LogP contribution is -2.37. The van der Waals surface area contributed by atoms with Gasteiger partial charge in [-0.2, -0.15) is 14.8 Å². The topological polar surface area (TPSA) is 80.6 Å². The third-order valence-corrected chi connectivity index (χ3v) is 3.85. The fourth-order valence-electron chi connectivity index (χ4n) is 2.80. The summed E-state index contributed by atoms with van der Waals surface area (Å²) in [7, 11) is 0. The molecular weight excluding hydrogens is 295 g/mol. The third-order valence-electron chi connectivity index (χ3n) is 3.85. The number of guanidine groups is 1. The molecule has 0 aliphatic carbocycles. The van der Waals surface area contributed by atoms with Gasteiger partial charge in [0.15, 0.2) is 5.96 Å². The van der Waals surface area contributed by atoms with E-state index in [0.717, 1.165) is 16.6 Å². The summed E-state index contributed by atoms with van der Waals surface area (Å²) < 4.78 is 14.9. The number of hydrogen-bond donors (Lipinski definition) is 2. The van der Waals surface area contributed by atoms with Crippen LogP contribution in [0.4, 0.5) is 4.39 Å². The van der Waals surface area contributed by atoms with Gasteiger partial charge in [0.05, 0.1) is 11.7 Å². The van der Waals surface area contributed by atoms with Crippen LogP contribution in [0.15, 0.2) is 66.1 Å². The highest BCUT2D eigenvalue weighted by Gasteiger charge is 2.36. The van der Waals surface area contributed by atoms with Gasteiger partial charge in [0.1, 0.15) is 11.4 Å². The Morgan fingerprint density at radius 1 is 1.13 bits per heavy atom. The molecule has 2 aromatic heterocycles. The van der Waals surface area contributed by atoms with Crippen molar-refractivity contribution in [2.45, 2.75) is 5.54 Å². The van der Waals surface area contributed by atoms with Crippen LogP contribution in [0.5, 0.6) is 0 Å². The first-order chi connectivity index (χ1) is 11.2. The molecule has 1 unspecified atom stereocenters. The van der Waals surface area contributed by atoms with E-state index in [4.69, 9.17) is 5.73 Å². The van der Waals surface area contributed by atoms with Gasteiger partial charge < -0.3 is 11.1 Å². The Labute approximate surface area is 131 Å². The minimum absolute atomic E-state index is 0.278. The number of fused-ring (bicyclic) bond motifs is 1. The molecule has 0 spiro atoms. The molecule has 3 aromatic rings. The zero-order chi connectivity index (χ0) is 15.9. The van der Waals surface area contributed by atoms with Gasteiger partial charge in [-0.15, -0.1) is 0 Å². The van der Waals surface area contributed by atoms with E-state index in [0.29, 0.717) is 0 Å². The van der Waals surface area contributed by atoms with Crippen molar-refractivity contribution in [3.63, 3.8) is 0 Å². The van der Waals surface area contributed by atoms with E-state index in [1.165, 1.54) is 16.8 Å². The molecule has 3 N–H and O–H groups in total. The van der Waals surface area contributed by atoms with Crippen LogP contribution < -0.4 is 11.1 Å². The van der Waals surface area contributed by atoms with E-state index in [2.05, 4.69) is 20.5 Å². The van der Waals surface area contributed by atoms with Crippen LogP contribution in [0.2, 0.25) is 0 Å². The maximum Gasteiger partial charge on any atom is 0.194 e. The summed E-state index contributed by atoms with van der Waals surface area (Å²) in [6, 6.07) is 9.94. The summed E-state index contributed by atoms with van der Waals surface area (Å²) >= 11 is 0. The average Bonchev–Trinajstić information content (AvgIpc) is 3.00. The molecule has 0 fully saturated rings. The molecule has 0 bridgehead atoms. The number of nitrogens with zero attached hydrogens (tertiary/aromatic N) is 4. The van der Waals surface area contributed by atoms with Crippen LogP contribution in [0.3, 0.4) is 0 Å². The summed E-state index contributed by atoms with van der Waals surface area (Å²) in [6.45, 7) is 0. The fraction of sp³-hybridized carbons (Fsp3) is 0.0625. The van der Waals surface area contributed by atoms with E-state index in [-0.39, 0.29) is 11.8 Å². The number of nitrogens with one attached hydrogen (secondary N) is 1. The van der Waals surface area contributed by atoms with Crippen molar-refractivity contribution in [1.82, 2.24) is 20.1 Å². The molecule has 23 heavy (non-hydrogen) atoms. The largest absolute Gasteiger partial charge is 0.370 e. The molecule has 114 valence electrons. The summed E-state index contributed by atoms with van der Waals surface area (Å²) in [5.74, 6) is -0.0274. The van der Waals surface area contributed by atoms with Crippen LogP contribution >= 0.6 is 0 Å². The highest BCUT2D eigenvalue weighted by atomic mass is 19.1. The van der Waals surface area contributed by atoms with Crippen LogP contribution in [0.1, 0.15) is 11.1 Å². The van der Waals surface area contributed by atoms with Crippen molar-refractivity contribution in [1.29, 1.82) is 0 Å². The minimum Gasteiger partial charge on any atom is -0.370 e. The Kier molecular flexibility index (Phi) is 2.87. The van der Waals surface area contributed by atoms with E-state index >= 15 is 0 Å². The molecule has 1 aliphatic rings. The normalized spacial score (nSPS) is 20.3. The number of nitrogens with two attached hydrogens (primary N) is 1. The molecular formula is C16H13FN6. The molecule has 1 aliphatic heterocycles. The first-order valence-corrected chi connectivity index (χ1v) is 7.04. The van der Waals surface area contributed by atoms with Gasteiger partial charge in [-0.25, -0.2) is 9.38 Å². The van der Waals surface area contributed by atoms with Crippen molar-refractivity contribution in [2.75, 3.05) is 0 Å². The second-order valence-corrected chi connectivity index (χ2v) is 5.20. The van der Waals surface area contributed by atoms with E-state index < -0.39 is 5.54 Å². The highest BCUT2D eigenvalue weighted by molar-refractivity contribution is 5.82. The van der Waals surface area contributed by atoms with Crippen molar-refractivity contribution in [2.24, 2.45) is 10.7 Å². The summed E-state index contributed by atoms with van der Waals surface area (Å²) in [4.78, 5) is 4.60. The molecule has 0 saturated carbocycles. The molecule has 3 heterocycles. The van der Waals surface area contributed by atoms with Gasteiger partial charge >= 0.3 is 0 Å². The van der Waals surface area contributed by atoms with Gasteiger partial charge in [0.2, 0.25) is 0 Å². The Morgan fingerprint density at radius 2 is 1.96 bits per heavy atom. The molecule has 0 saturated heterocycles. The number of benzene rings is 1. The lowest BCUT2D eigenvalue weighted by atomic mass is 9.83. The van der Waals surface area contributed by atoms with Crippen molar-refractivity contribution >= 4 is 11.5 Å². The van der Waals surface area contributed by atoms with Gasteiger partial charge in [0.25, 0.3) is 0 Å². The molecule has 1 atom stereocenters. The van der Waals surface area contributed by atoms with E-state index in [1.54, 1.807) is 30.7 Å². The lowest BCUT2D eigenvalue weighted by molar-refractivity contribution is 0.620. The first-order valence-electron chi connectivity index (χ1n) is 7.04. The predicted molar refractivity (Wildman–Crippen MR) is 84.1 cm³/mol. The zero-order valence-electron chi connectivity index (χ0n) is 12.0. The third kappa shape index (κ3) is 2.05. The average molecular weight is 308 g/mol. The summed E-state index contributed by atoms with van der Waals surface area (Å²) in [5.41, 5.74) is 7.43. The van der Waals surface area contributed by atoms with Crippen LogP contribution in [-0.4, -0.2) is 20.8 Å². The van der Waals surface area contributed by atoms with Crippen molar-refractivity contribution in [3.05, 3.63) is 78.0 Å². The molecule has 1 aromatic carbocycles. The van der Waals surface area contributed by atoms with Gasteiger partial charge in [-0.3, -0.25) is 0 Å². The molecule has 7 heteroatoms. The molecule has 4 rings (SSSR count). The number of hydrogen-bond acceptors (Lipinski definition) is 5. The number of rotatable bonds is 2. The fourth-order valence-corrected chi connectivity index (χ4v) is 2.80. The smallest absolute Gasteiger partial charge is 0.194 e. The van der Waals surface area contributed by atoms with Crippen molar-refractivity contribution < 1.29 is 4.39 Å². The van der Waals surface area contributed by atoms with Crippen LogP contribution in [0, 0.1) is 5.82 Å². The van der Waals surface area contributed by atoms with Gasteiger partial charge in [-0.05, 0) is 35.9 Å². The van der Waals surface area contributed by atoms with Gasteiger partial charge in [-0.1, -0.05) is 12.1 Å². The Hall–Kier alpha value is -3.22. The number of halogens is 1. The minimum atomic E-state index is -0.881. The molecule has 0 radical (unpaired) electrons.